The number of aromatic nitrogens is 2. The van der Waals surface area contributed by atoms with Gasteiger partial charge in [-0.15, -0.1) is 11.3 Å². The number of carbonyl (C=O) groups is 2. The maximum atomic E-state index is 13.1. The number of hydrogen-bond acceptors (Lipinski definition) is 7. The number of rotatable bonds is 5. The maximum Gasteiger partial charge on any atom is 0.253 e. The van der Waals surface area contributed by atoms with Crippen LogP contribution in [0.3, 0.4) is 0 Å². The topological polar surface area (TPSA) is 98.7 Å². The molecule has 2 amide bonds. The van der Waals surface area contributed by atoms with Crippen molar-refractivity contribution in [1.29, 1.82) is 0 Å². The van der Waals surface area contributed by atoms with Gasteiger partial charge in [0.25, 0.3) is 11.8 Å². The number of amides is 2. The van der Waals surface area contributed by atoms with Crippen molar-refractivity contribution in [2.75, 3.05) is 43.0 Å². The Bertz CT molecular complexity index is 1360. The number of aryl methyl sites for hydroxylation is 1. The summed E-state index contributed by atoms with van der Waals surface area (Å²) in [5.74, 6) is 0.356. The largest absolute Gasteiger partial charge is 0.387 e. The first-order valence-corrected chi connectivity index (χ1v) is 12.2. The average Bonchev–Trinajstić information content (AvgIpc) is 3.28. The summed E-state index contributed by atoms with van der Waals surface area (Å²) in [7, 11) is 0. The third-order valence-corrected chi connectivity index (χ3v) is 6.94. The summed E-state index contributed by atoms with van der Waals surface area (Å²) in [6, 6.07) is 19.9. The molecule has 0 spiro atoms. The van der Waals surface area contributed by atoms with Crippen molar-refractivity contribution < 1.29 is 14.7 Å². The van der Waals surface area contributed by atoms with Crippen LogP contribution in [0, 0.1) is 6.92 Å². The Morgan fingerprint density at radius 2 is 1.66 bits per heavy atom. The first-order valence-electron chi connectivity index (χ1n) is 11.4. The van der Waals surface area contributed by atoms with E-state index in [1.807, 2.05) is 60.4 Å². The molecular weight excluding hydrogens is 462 g/mol. The smallest absolute Gasteiger partial charge is 0.253 e. The zero-order valence-electron chi connectivity index (χ0n) is 19.3. The molecule has 2 N–H and O–H groups in total. The summed E-state index contributed by atoms with van der Waals surface area (Å²) < 4.78 is 0. The Morgan fingerprint density at radius 3 is 2.34 bits per heavy atom. The first kappa shape index (κ1) is 22.9. The van der Waals surface area contributed by atoms with Crippen molar-refractivity contribution in [3.05, 3.63) is 71.1 Å². The van der Waals surface area contributed by atoms with Gasteiger partial charge in [-0.05, 0) is 36.2 Å². The van der Waals surface area contributed by atoms with Crippen molar-refractivity contribution >= 4 is 45.1 Å². The molecule has 35 heavy (non-hydrogen) atoms. The molecule has 9 heteroatoms. The number of fused-ring (bicyclic) bond motifs is 1. The minimum atomic E-state index is -0.632. The van der Waals surface area contributed by atoms with Gasteiger partial charge in [-0.2, -0.15) is 4.98 Å². The highest BCUT2D eigenvalue weighted by molar-refractivity contribution is 7.18. The van der Waals surface area contributed by atoms with E-state index in [1.165, 1.54) is 11.3 Å². The van der Waals surface area contributed by atoms with E-state index in [2.05, 4.69) is 32.3 Å². The second kappa shape index (κ2) is 9.81. The fourth-order valence-corrected chi connectivity index (χ4v) is 5.10. The molecule has 5 rings (SSSR count). The number of anilines is 2. The van der Waals surface area contributed by atoms with Crippen molar-refractivity contribution in [3.8, 4) is 11.1 Å². The van der Waals surface area contributed by atoms with Gasteiger partial charge in [0.15, 0.2) is 0 Å². The van der Waals surface area contributed by atoms with E-state index < -0.39 is 12.5 Å². The number of aliphatic hydroxyl groups is 1. The Morgan fingerprint density at radius 1 is 0.971 bits per heavy atom. The molecule has 3 heterocycles. The van der Waals surface area contributed by atoms with Crippen LogP contribution in [0.25, 0.3) is 21.3 Å². The summed E-state index contributed by atoms with van der Waals surface area (Å²) in [5, 5.41) is 12.5. The molecule has 0 aliphatic carbocycles. The molecular formula is C26H25N5O3S. The van der Waals surface area contributed by atoms with Crippen molar-refractivity contribution in [1.82, 2.24) is 14.9 Å². The van der Waals surface area contributed by atoms with E-state index in [1.54, 1.807) is 0 Å². The van der Waals surface area contributed by atoms with E-state index in [-0.39, 0.29) is 11.9 Å². The lowest BCUT2D eigenvalue weighted by Gasteiger charge is -2.35. The summed E-state index contributed by atoms with van der Waals surface area (Å²) in [5.41, 5.74) is 2.87. The van der Waals surface area contributed by atoms with Gasteiger partial charge >= 0.3 is 0 Å². The van der Waals surface area contributed by atoms with Crippen molar-refractivity contribution in [2.24, 2.45) is 0 Å². The van der Waals surface area contributed by atoms with Gasteiger partial charge in [0.1, 0.15) is 17.3 Å². The molecule has 2 aromatic carbocycles. The fourth-order valence-electron chi connectivity index (χ4n) is 4.23. The van der Waals surface area contributed by atoms with Crippen LogP contribution in [0.2, 0.25) is 0 Å². The van der Waals surface area contributed by atoms with Crippen LogP contribution < -0.4 is 10.2 Å². The van der Waals surface area contributed by atoms with Gasteiger partial charge in [-0.3, -0.25) is 14.9 Å². The maximum absolute atomic E-state index is 13.1. The molecule has 178 valence electrons. The predicted molar refractivity (Wildman–Crippen MR) is 138 cm³/mol. The molecule has 2 aromatic heterocycles. The predicted octanol–water partition coefficient (Wildman–Crippen LogP) is 3.56. The molecule has 1 aliphatic heterocycles. The Hall–Kier alpha value is -3.82. The standard InChI is InChI=1S/C26H25N5O3S/c1-17-15-21-23(28-26(27-22(33)16-32)29-24(21)35-17)30-11-13-31(14-12-30)25(34)20-9-7-19(8-10-20)18-5-3-2-4-6-18/h2-10,15,32H,11-14,16H2,1H3,(H,27,28,29,33). The molecule has 4 aromatic rings. The van der Waals surface area contributed by atoms with Gasteiger partial charge in [-0.1, -0.05) is 42.5 Å². The minimum Gasteiger partial charge on any atom is -0.387 e. The molecule has 1 aliphatic rings. The summed E-state index contributed by atoms with van der Waals surface area (Å²) in [6.07, 6.45) is 0. The number of aliphatic hydroxyl groups excluding tert-OH is 1. The van der Waals surface area contributed by atoms with E-state index in [4.69, 9.17) is 5.11 Å². The van der Waals surface area contributed by atoms with Crippen LogP contribution in [-0.2, 0) is 4.79 Å². The molecule has 0 saturated carbocycles. The van der Waals surface area contributed by atoms with Crippen LogP contribution in [0.1, 0.15) is 15.2 Å². The lowest BCUT2D eigenvalue weighted by molar-refractivity contribution is -0.118. The van der Waals surface area contributed by atoms with E-state index in [0.717, 1.165) is 32.0 Å². The number of nitrogens with one attached hydrogen (secondary N) is 1. The first-order chi connectivity index (χ1) is 17.0. The number of nitrogens with zero attached hydrogens (tertiary/aromatic N) is 4. The summed E-state index contributed by atoms with van der Waals surface area (Å²) in [4.78, 5) is 39.6. The lowest BCUT2D eigenvalue weighted by atomic mass is 10.0. The molecule has 0 atom stereocenters. The molecule has 0 radical (unpaired) electrons. The molecule has 1 saturated heterocycles. The van der Waals surface area contributed by atoms with Crippen LogP contribution >= 0.6 is 11.3 Å². The Labute approximate surface area is 206 Å². The van der Waals surface area contributed by atoms with Crippen LogP contribution in [0.5, 0.6) is 0 Å². The number of hydrogen-bond donors (Lipinski definition) is 2. The highest BCUT2D eigenvalue weighted by Crippen LogP contribution is 2.32. The highest BCUT2D eigenvalue weighted by atomic mass is 32.1. The number of carbonyl (C=O) groups excluding carboxylic acids is 2. The van der Waals surface area contributed by atoms with Crippen molar-refractivity contribution in [3.63, 3.8) is 0 Å². The summed E-state index contributed by atoms with van der Waals surface area (Å²) >= 11 is 1.53. The van der Waals surface area contributed by atoms with Crippen LogP contribution in [0.4, 0.5) is 11.8 Å². The number of piperazine rings is 1. The normalized spacial score (nSPS) is 13.8. The quantitative estimate of drug-likeness (QED) is 0.447. The average molecular weight is 488 g/mol. The summed E-state index contributed by atoms with van der Waals surface area (Å²) in [6.45, 7) is 3.72. The van der Waals surface area contributed by atoms with Gasteiger partial charge in [-0.25, -0.2) is 4.98 Å². The molecule has 0 bridgehead atoms. The van der Waals surface area contributed by atoms with Crippen LogP contribution in [0.15, 0.2) is 60.7 Å². The Balaban J connectivity index is 1.30. The van der Waals surface area contributed by atoms with E-state index in [0.29, 0.717) is 31.7 Å². The van der Waals surface area contributed by atoms with Gasteiger partial charge in [0, 0.05) is 36.6 Å². The van der Waals surface area contributed by atoms with Gasteiger partial charge < -0.3 is 14.9 Å². The van der Waals surface area contributed by atoms with Crippen LogP contribution in [-0.4, -0.2) is 64.6 Å². The SMILES string of the molecule is Cc1cc2c(N3CCN(C(=O)c4ccc(-c5ccccc5)cc4)CC3)nc(NC(=O)CO)nc2s1. The third-order valence-electron chi connectivity index (χ3n) is 6.00. The minimum absolute atomic E-state index is 0.0133. The number of benzene rings is 2. The molecule has 8 nitrogen and oxygen atoms in total. The highest BCUT2D eigenvalue weighted by Gasteiger charge is 2.25. The Kier molecular flexibility index (Phi) is 6.43. The second-order valence-electron chi connectivity index (χ2n) is 8.38. The monoisotopic (exact) mass is 487 g/mol. The van der Waals surface area contributed by atoms with Gasteiger partial charge in [0.05, 0.1) is 5.39 Å². The molecule has 0 unspecified atom stereocenters. The van der Waals surface area contributed by atoms with E-state index >= 15 is 0 Å². The van der Waals surface area contributed by atoms with Crippen molar-refractivity contribution in [2.45, 2.75) is 6.92 Å². The third kappa shape index (κ3) is 4.87. The fraction of sp³-hybridized carbons (Fsp3) is 0.231. The van der Waals surface area contributed by atoms with E-state index in [9.17, 15) is 9.59 Å². The zero-order chi connectivity index (χ0) is 24.4. The van der Waals surface area contributed by atoms with Gasteiger partial charge in [0.2, 0.25) is 5.95 Å². The second-order valence-corrected chi connectivity index (χ2v) is 9.61. The molecule has 1 fully saturated rings. The zero-order valence-corrected chi connectivity index (χ0v) is 20.1. The lowest BCUT2D eigenvalue weighted by Crippen LogP contribution is -2.49. The number of thiophene rings is 1.